The van der Waals surface area contributed by atoms with Gasteiger partial charge < -0.3 is 14.4 Å². The van der Waals surface area contributed by atoms with Crippen LogP contribution in [0.15, 0.2) is 54.6 Å². The van der Waals surface area contributed by atoms with Gasteiger partial charge in [0.15, 0.2) is 0 Å². The van der Waals surface area contributed by atoms with Crippen molar-refractivity contribution < 1.29 is 19.4 Å². The lowest BCUT2D eigenvalue weighted by Gasteiger charge is -2.44. The summed E-state index contributed by atoms with van der Waals surface area (Å²) in [4.78, 5) is 26.5. The molecule has 32 heavy (non-hydrogen) atoms. The highest BCUT2D eigenvalue weighted by atomic mass is 16.5. The van der Waals surface area contributed by atoms with E-state index in [0.29, 0.717) is 19.4 Å². The van der Waals surface area contributed by atoms with Crippen molar-refractivity contribution >= 4 is 22.8 Å². The number of nitrogens with zero attached hydrogens (tertiary/aromatic N) is 2. The number of carboxylic acid groups (broad SMARTS) is 1. The van der Waals surface area contributed by atoms with E-state index in [9.17, 15) is 14.7 Å². The van der Waals surface area contributed by atoms with Gasteiger partial charge in [-0.1, -0.05) is 48.5 Å². The van der Waals surface area contributed by atoms with Gasteiger partial charge in [0.25, 0.3) is 0 Å². The molecule has 6 nitrogen and oxygen atoms in total. The second-order valence-corrected chi connectivity index (χ2v) is 8.68. The zero-order chi connectivity index (χ0) is 22.8. The fraction of sp³-hybridized carbons (Fsp3) is 0.385. The van der Waals surface area contributed by atoms with Crippen LogP contribution in [-0.2, 0) is 27.3 Å². The van der Waals surface area contributed by atoms with Crippen LogP contribution >= 0.6 is 0 Å². The minimum absolute atomic E-state index is 0.0358. The lowest BCUT2D eigenvalue weighted by atomic mass is 9.88. The van der Waals surface area contributed by atoms with Crippen molar-refractivity contribution in [1.82, 2.24) is 9.47 Å². The summed E-state index contributed by atoms with van der Waals surface area (Å²) in [5.74, 6) is -1.11. The number of carbonyl (C=O) groups is 2. The molecule has 0 saturated carbocycles. The van der Waals surface area contributed by atoms with E-state index in [1.807, 2.05) is 30.3 Å². The van der Waals surface area contributed by atoms with Crippen LogP contribution in [0.2, 0.25) is 0 Å². The van der Waals surface area contributed by atoms with Crippen LogP contribution in [0, 0.1) is 0 Å². The van der Waals surface area contributed by atoms with Gasteiger partial charge in [0.05, 0.1) is 13.2 Å². The molecular weight excluding hydrogens is 404 g/mol. The minimum Gasteiger partial charge on any atom is -0.481 e. The van der Waals surface area contributed by atoms with Crippen LogP contribution in [-0.4, -0.2) is 45.7 Å². The number of carbonyl (C=O) groups excluding carboxylic acids is 1. The highest BCUT2D eigenvalue weighted by molar-refractivity contribution is 5.88. The molecule has 0 fully saturated rings. The zero-order valence-electron chi connectivity index (χ0n) is 18.8. The third-order valence-electron chi connectivity index (χ3n) is 6.44. The second-order valence-electron chi connectivity index (χ2n) is 8.68. The Morgan fingerprint density at radius 3 is 2.44 bits per heavy atom. The van der Waals surface area contributed by atoms with Crippen molar-refractivity contribution in [3.8, 4) is 0 Å². The standard InChI is InChI=1S/C26H30N2O4/c1-17(2)28-22(13-14-24(29)30)25-20(15-23(28)26(31)32-3)19-11-7-8-12-21(19)27(25)16-18-9-5-4-6-10-18/h4-12,17,22-23H,13-16H2,1-3H3,(H,29,30). The zero-order valence-corrected chi connectivity index (χ0v) is 18.8. The van der Waals surface area contributed by atoms with E-state index in [1.54, 1.807) is 0 Å². The Kier molecular flexibility index (Phi) is 6.33. The van der Waals surface area contributed by atoms with Gasteiger partial charge in [-0.3, -0.25) is 14.5 Å². The van der Waals surface area contributed by atoms with E-state index in [0.717, 1.165) is 22.2 Å². The number of aliphatic carboxylic acids is 1. The number of rotatable bonds is 7. The third kappa shape index (κ3) is 4.02. The molecule has 4 rings (SSSR count). The summed E-state index contributed by atoms with van der Waals surface area (Å²) >= 11 is 0. The van der Waals surface area contributed by atoms with Crippen molar-refractivity contribution in [2.24, 2.45) is 0 Å². The maximum absolute atomic E-state index is 12.8. The van der Waals surface area contributed by atoms with Crippen LogP contribution in [0.3, 0.4) is 0 Å². The van der Waals surface area contributed by atoms with Gasteiger partial charge >= 0.3 is 11.9 Å². The van der Waals surface area contributed by atoms with Crippen LogP contribution in [0.1, 0.15) is 49.6 Å². The fourth-order valence-corrected chi connectivity index (χ4v) is 5.19. The summed E-state index contributed by atoms with van der Waals surface area (Å²) in [5.41, 5.74) is 4.53. The molecule has 1 aliphatic rings. The first kappa shape index (κ1) is 22.1. The Bertz CT molecular complexity index is 1120. The quantitative estimate of drug-likeness (QED) is 0.558. The molecule has 0 bridgehead atoms. The highest BCUT2D eigenvalue weighted by Gasteiger charge is 2.43. The van der Waals surface area contributed by atoms with E-state index in [-0.39, 0.29) is 24.5 Å². The third-order valence-corrected chi connectivity index (χ3v) is 6.44. The van der Waals surface area contributed by atoms with Gasteiger partial charge in [0.2, 0.25) is 0 Å². The van der Waals surface area contributed by atoms with Crippen molar-refractivity contribution in [3.05, 3.63) is 71.4 Å². The molecule has 6 heteroatoms. The number of para-hydroxylation sites is 1. The Morgan fingerprint density at radius 2 is 1.78 bits per heavy atom. The molecule has 0 amide bonds. The Hall–Kier alpha value is -3.12. The average Bonchev–Trinajstić information content (AvgIpc) is 3.10. The molecule has 0 saturated heterocycles. The molecule has 168 valence electrons. The number of esters is 1. The van der Waals surface area contributed by atoms with Crippen LogP contribution < -0.4 is 0 Å². The van der Waals surface area contributed by atoms with E-state index in [1.165, 1.54) is 12.7 Å². The maximum Gasteiger partial charge on any atom is 0.323 e. The monoisotopic (exact) mass is 434 g/mol. The van der Waals surface area contributed by atoms with E-state index >= 15 is 0 Å². The molecule has 1 aliphatic heterocycles. The van der Waals surface area contributed by atoms with Gasteiger partial charge in [0, 0.05) is 42.0 Å². The molecule has 0 spiro atoms. The van der Waals surface area contributed by atoms with E-state index in [4.69, 9.17) is 4.74 Å². The number of fused-ring (bicyclic) bond motifs is 3. The summed E-state index contributed by atoms with van der Waals surface area (Å²) in [7, 11) is 1.42. The molecule has 3 aromatic rings. The number of hydrogen-bond acceptors (Lipinski definition) is 4. The van der Waals surface area contributed by atoms with E-state index in [2.05, 4.69) is 47.6 Å². The number of carboxylic acids is 1. The lowest BCUT2D eigenvalue weighted by Crippen LogP contribution is -2.52. The van der Waals surface area contributed by atoms with Crippen molar-refractivity contribution in [2.75, 3.05) is 7.11 Å². The number of methoxy groups -OCH3 is 1. The van der Waals surface area contributed by atoms with Crippen molar-refractivity contribution in [1.29, 1.82) is 0 Å². The second kappa shape index (κ2) is 9.17. The van der Waals surface area contributed by atoms with Gasteiger partial charge in [-0.15, -0.1) is 0 Å². The van der Waals surface area contributed by atoms with Gasteiger partial charge in [0.1, 0.15) is 6.04 Å². The molecule has 2 unspecified atom stereocenters. The van der Waals surface area contributed by atoms with Gasteiger partial charge in [-0.05, 0) is 37.5 Å². The van der Waals surface area contributed by atoms with Crippen molar-refractivity contribution in [2.45, 2.75) is 57.8 Å². The molecule has 2 heterocycles. The molecule has 0 aliphatic carbocycles. The molecule has 2 aromatic carbocycles. The Labute approximate surface area is 188 Å². The maximum atomic E-state index is 12.8. The number of aromatic nitrogens is 1. The van der Waals surface area contributed by atoms with Gasteiger partial charge in [-0.2, -0.15) is 0 Å². The predicted octanol–water partition coefficient (Wildman–Crippen LogP) is 4.40. The summed E-state index contributed by atoms with van der Waals surface area (Å²) in [6.45, 7) is 4.80. The number of hydrogen-bond donors (Lipinski definition) is 1. The highest BCUT2D eigenvalue weighted by Crippen LogP contribution is 2.43. The first-order chi connectivity index (χ1) is 15.4. The van der Waals surface area contributed by atoms with E-state index < -0.39 is 12.0 Å². The van der Waals surface area contributed by atoms with Gasteiger partial charge in [-0.25, -0.2) is 0 Å². The molecule has 1 aromatic heterocycles. The summed E-state index contributed by atoms with van der Waals surface area (Å²) in [6.07, 6.45) is 1.01. The van der Waals surface area contributed by atoms with Crippen LogP contribution in [0.4, 0.5) is 0 Å². The van der Waals surface area contributed by atoms with Crippen molar-refractivity contribution in [3.63, 3.8) is 0 Å². The summed E-state index contributed by atoms with van der Waals surface area (Å²) in [5, 5.41) is 10.6. The topological polar surface area (TPSA) is 71.8 Å². The van der Waals surface area contributed by atoms with Crippen LogP contribution in [0.5, 0.6) is 0 Å². The molecule has 1 N–H and O–H groups in total. The minimum atomic E-state index is -0.832. The smallest absolute Gasteiger partial charge is 0.323 e. The summed E-state index contributed by atoms with van der Waals surface area (Å²) in [6, 6.07) is 17.9. The molecule has 2 atom stereocenters. The van der Waals surface area contributed by atoms with Crippen LogP contribution in [0.25, 0.3) is 10.9 Å². The number of ether oxygens (including phenoxy) is 1. The molecule has 0 radical (unpaired) electrons. The Morgan fingerprint density at radius 1 is 1.09 bits per heavy atom. The average molecular weight is 435 g/mol. The Balaban J connectivity index is 1.94. The lowest BCUT2D eigenvalue weighted by molar-refractivity contribution is -0.150. The molecular formula is C26H30N2O4. The fourth-order valence-electron chi connectivity index (χ4n) is 5.19. The normalized spacial score (nSPS) is 18.6. The largest absolute Gasteiger partial charge is 0.481 e. The number of benzene rings is 2. The SMILES string of the molecule is COC(=O)C1Cc2c(n(Cc3ccccc3)c3ccccc23)C(CCC(=O)O)N1C(C)C. The summed E-state index contributed by atoms with van der Waals surface area (Å²) < 4.78 is 7.48. The predicted molar refractivity (Wildman–Crippen MR) is 124 cm³/mol. The first-order valence-electron chi connectivity index (χ1n) is 11.1. The first-order valence-corrected chi connectivity index (χ1v) is 11.1.